The van der Waals surface area contributed by atoms with Gasteiger partial charge >= 0.3 is 0 Å². The normalized spacial score (nSPS) is 22.5. The zero-order chi connectivity index (χ0) is 15.5. The second kappa shape index (κ2) is 7.24. The summed E-state index contributed by atoms with van der Waals surface area (Å²) in [6.45, 7) is 5.94. The zero-order valence-electron chi connectivity index (χ0n) is 12.7. The summed E-state index contributed by atoms with van der Waals surface area (Å²) in [6.07, 6.45) is 4.51. The first kappa shape index (κ1) is 17.0. The molecular formula is C14H24BrN3O2S. The average Bonchev–Trinajstić information content (AvgIpc) is 2.97. The van der Waals surface area contributed by atoms with Crippen LogP contribution >= 0.6 is 15.9 Å². The zero-order valence-corrected chi connectivity index (χ0v) is 15.1. The van der Waals surface area contributed by atoms with Gasteiger partial charge < -0.3 is 5.32 Å². The fourth-order valence-corrected chi connectivity index (χ4v) is 5.42. The van der Waals surface area contributed by atoms with Crippen molar-refractivity contribution in [1.82, 2.24) is 15.1 Å². The molecule has 1 saturated heterocycles. The number of aryl methyl sites for hydroxylation is 1. The first-order valence-corrected chi connectivity index (χ1v) is 10.2. The number of aromatic nitrogens is 2. The van der Waals surface area contributed by atoms with Gasteiger partial charge in [-0.05, 0) is 54.6 Å². The van der Waals surface area contributed by atoms with Crippen molar-refractivity contribution in [2.24, 2.45) is 5.92 Å². The molecule has 1 aromatic heterocycles. The molecule has 1 N–H and O–H groups in total. The minimum Gasteiger partial charge on any atom is -0.309 e. The molecule has 0 amide bonds. The molecule has 7 heteroatoms. The maximum atomic E-state index is 11.7. The summed E-state index contributed by atoms with van der Waals surface area (Å²) in [7, 11) is -2.82. The number of halogens is 1. The average molecular weight is 378 g/mol. The monoisotopic (exact) mass is 377 g/mol. The fourth-order valence-electron chi connectivity index (χ4n) is 2.97. The van der Waals surface area contributed by atoms with Crippen LogP contribution in [-0.2, 0) is 16.4 Å². The summed E-state index contributed by atoms with van der Waals surface area (Å²) < 4.78 is 26.3. The van der Waals surface area contributed by atoms with Gasteiger partial charge in [0.1, 0.15) is 0 Å². The second-order valence-corrected chi connectivity index (χ2v) is 8.79. The molecule has 2 unspecified atom stereocenters. The van der Waals surface area contributed by atoms with Crippen LogP contribution in [0.25, 0.3) is 0 Å². The third kappa shape index (κ3) is 4.29. The predicted molar refractivity (Wildman–Crippen MR) is 88.0 cm³/mol. The second-order valence-electron chi connectivity index (χ2n) is 5.70. The van der Waals surface area contributed by atoms with Crippen molar-refractivity contribution in [3.63, 3.8) is 0 Å². The van der Waals surface area contributed by atoms with Crippen LogP contribution in [0, 0.1) is 5.92 Å². The number of hydrogen-bond donors (Lipinski definition) is 1. The Hall–Kier alpha value is -0.400. The lowest BCUT2D eigenvalue weighted by molar-refractivity contribution is 0.391. The van der Waals surface area contributed by atoms with Crippen LogP contribution in [0.1, 0.15) is 44.8 Å². The van der Waals surface area contributed by atoms with Gasteiger partial charge in [-0.3, -0.25) is 4.68 Å². The molecule has 0 aromatic carbocycles. The Morgan fingerprint density at radius 3 is 2.86 bits per heavy atom. The van der Waals surface area contributed by atoms with Crippen LogP contribution in [0.5, 0.6) is 0 Å². The van der Waals surface area contributed by atoms with Crippen molar-refractivity contribution in [2.75, 3.05) is 18.1 Å². The van der Waals surface area contributed by atoms with Gasteiger partial charge in [0, 0.05) is 6.54 Å². The van der Waals surface area contributed by atoms with Crippen molar-refractivity contribution in [1.29, 1.82) is 0 Å². The van der Waals surface area contributed by atoms with E-state index >= 15 is 0 Å². The molecule has 1 aliphatic heterocycles. The molecule has 1 aromatic rings. The lowest BCUT2D eigenvalue weighted by Crippen LogP contribution is -2.27. The Labute approximate surface area is 135 Å². The minimum absolute atomic E-state index is 0.153. The molecule has 0 aliphatic carbocycles. The Morgan fingerprint density at radius 2 is 2.29 bits per heavy atom. The van der Waals surface area contributed by atoms with E-state index in [2.05, 4.69) is 40.2 Å². The van der Waals surface area contributed by atoms with Gasteiger partial charge in [-0.2, -0.15) is 5.10 Å². The number of sulfone groups is 1. The van der Waals surface area contributed by atoms with Gasteiger partial charge in [-0.15, -0.1) is 0 Å². The van der Waals surface area contributed by atoms with Crippen LogP contribution in [0.4, 0.5) is 0 Å². The molecule has 0 saturated carbocycles. The Kier molecular flexibility index (Phi) is 5.85. The number of nitrogens with one attached hydrogen (secondary N) is 1. The lowest BCUT2D eigenvalue weighted by Gasteiger charge is -2.23. The SMILES string of the molecule is CCCNC(CC1CCS(=O)(=O)C1)c1c(Br)cnn1CC. The molecule has 2 rings (SSSR count). The molecule has 1 fully saturated rings. The minimum atomic E-state index is -2.82. The molecule has 21 heavy (non-hydrogen) atoms. The lowest BCUT2D eigenvalue weighted by atomic mass is 9.97. The van der Waals surface area contributed by atoms with Crippen molar-refractivity contribution in [3.05, 3.63) is 16.4 Å². The molecule has 2 atom stereocenters. The molecule has 0 spiro atoms. The molecule has 120 valence electrons. The first-order chi connectivity index (χ1) is 9.96. The summed E-state index contributed by atoms with van der Waals surface area (Å²) in [5, 5.41) is 7.93. The Morgan fingerprint density at radius 1 is 1.52 bits per heavy atom. The molecule has 2 heterocycles. The molecule has 5 nitrogen and oxygen atoms in total. The highest BCUT2D eigenvalue weighted by molar-refractivity contribution is 9.10. The number of nitrogens with zero attached hydrogens (tertiary/aromatic N) is 2. The van der Waals surface area contributed by atoms with E-state index in [-0.39, 0.29) is 12.0 Å². The van der Waals surface area contributed by atoms with Crippen LogP contribution in [0.2, 0.25) is 0 Å². The molecule has 0 bridgehead atoms. The highest BCUT2D eigenvalue weighted by atomic mass is 79.9. The standard InChI is InChI=1S/C14H24BrN3O2S/c1-3-6-16-13(8-11-5-7-21(19,20)10-11)14-12(15)9-17-18(14)4-2/h9,11,13,16H,3-8,10H2,1-2H3. The van der Waals surface area contributed by atoms with Crippen molar-refractivity contribution in [2.45, 2.75) is 45.7 Å². The van der Waals surface area contributed by atoms with E-state index in [0.717, 1.165) is 42.5 Å². The van der Waals surface area contributed by atoms with Gasteiger partial charge in [0.05, 0.1) is 33.9 Å². The van der Waals surface area contributed by atoms with Crippen LogP contribution in [0.3, 0.4) is 0 Å². The largest absolute Gasteiger partial charge is 0.309 e. The Bertz CT molecular complexity index is 571. The highest BCUT2D eigenvalue weighted by Gasteiger charge is 2.31. The van der Waals surface area contributed by atoms with Gasteiger partial charge in [-0.1, -0.05) is 6.92 Å². The van der Waals surface area contributed by atoms with Crippen molar-refractivity contribution >= 4 is 25.8 Å². The third-order valence-corrected chi connectivity index (χ3v) is 6.45. The molecule has 0 radical (unpaired) electrons. The Balaban J connectivity index is 2.16. The highest BCUT2D eigenvalue weighted by Crippen LogP contribution is 2.32. The first-order valence-electron chi connectivity index (χ1n) is 7.61. The van der Waals surface area contributed by atoms with E-state index < -0.39 is 9.84 Å². The molecular weight excluding hydrogens is 354 g/mol. The topological polar surface area (TPSA) is 64.0 Å². The summed E-state index contributed by atoms with van der Waals surface area (Å²) in [5.41, 5.74) is 1.13. The maximum Gasteiger partial charge on any atom is 0.150 e. The van der Waals surface area contributed by atoms with Crippen molar-refractivity contribution in [3.8, 4) is 0 Å². The van der Waals surface area contributed by atoms with E-state index in [1.807, 2.05) is 10.9 Å². The van der Waals surface area contributed by atoms with Crippen molar-refractivity contribution < 1.29 is 8.42 Å². The third-order valence-electron chi connectivity index (χ3n) is 4.00. The van der Waals surface area contributed by atoms with Gasteiger partial charge in [-0.25, -0.2) is 8.42 Å². The smallest absolute Gasteiger partial charge is 0.150 e. The number of rotatable bonds is 7. The van der Waals surface area contributed by atoms with Gasteiger partial charge in [0.15, 0.2) is 9.84 Å². The van der Waals surface area contributed by atoms with Gasteiger partial charge in [0.25, 0.3) is 0 Å². The quantitative estimate of drug-likeness (QED) is 0.792. The van der Waals surface area contributed by atoms with E-state index in [0.29, 0.717) is 11.5 Å². The fraction of sp³-hybridized carbons (Fsp3) is 0.786. The maximum absolute atomic E-state index is 11.7. The van der Waals surface area contributed by atoms with E-state index in [1.165, 1.54) is 0 Å². The van der Waals surface area contributed by atoms with Crippen LogP contribution in [-0.4, -0.2) is 36.2 Å². The van der Waals surface area contributed by atoms with E-state index in [1.54, 1.807) is 0 Å². The summed E-state index contributed by atoms with van der Waals surface area (Å²) >= 11 is 3.58. The number of hydrogen-bond acceptors (Lipinski definition) is 4. The summed E-state index contributed by atoms with van der Waals surface area (Å²) in [4.78, 5) is 0. The summed E-state index contributed by atoms with van der Waals surface area (Å²) in [6, 6.07) is 0.153. The van der Waals surface area contributed by atoms with Gasteiger partial charge in [0.2, 0.25) is 0 Å². The van der Waals surface area contributed by atoms with Crippen LogP contribution in [0.15, 0.2) is 10.7 Å². The van der Waals surface area contributed by atoms with E-state index in [4.69, 9.17) is 0 Å². The van der Waals surface area contributed by atoms with Crippen LogP contribution < -0.4 is 5.32 Å². The molecule has 1 aliphatic rings. The predicted octanol–water partition coefficient (Wildman–Crippen LogP) is 2.53. The van der Waals surface area contributed by atoms with E-state index in [9.17, 15) is 8.42 Å². The summed E-state index contributed by atoms with van der Waals surface area (Å²) in [5.74, 6) is 0.915.